The summed E-state index contributed by atoms with van der Waals surface area (Å²) < 4.78 is 106. The molecule has 0 aliphatic rings. The van der Waals surface area contributed by atoms with Crippen LogP contribution in [-0.4, -0.2) is 30.4 Å². The third kappa shape index (κ3) is 6.13. The Morgan fingerprint density at radius 1 is 0.969 bits per heavy atom. The molecule has 5 nitrogen and oxygen atoms in total. The number of anilines is 1. The maximum absolute atomic E-state index is 13.6. The van der Waals surface area contributed by atoms with Crippen molar-refractivity contribution in [3.05, 3.63) is 57.6 Å². The van der Waals surface area contributed by atoms with Crippen LogP contribution in [0.2, 0.25) is 10.0 Å². The smallest absolute Gasteiger partial charge is 0.428 e. The maximum atomic E-state index is 13.6. The summed E-state index contributed by atoms with van der Waals surface area (Å²) in [5.41, 5.74) is -1.13. The molecule has 32 heavy (non-hydrogen) atoms. The zero-order valence-corrected chi connectivity index (χ0v) is 16.5. The van der Waals surface area contributed by atoms with Crippen molar-refractivity contribution in [2.75, 3.05) is 5.32 Å². The Hall–Kier alpha value is -2.80. The first-order valence-electron chi connectivity index (χ1n) is 7.96. The quantitative estimate of drug-likeness (QED) is 0.477. The molecule has 2 rings (SSSR count). The SMILES string of the molecule is O=C(NC(=O)c1ccc(F)cc1F)Nc1cc(Cl)c(OC(F)(F)C(F)C(F)(F)F)cc1Cl. The molecule has 3 amide bonds. The van der Waals surface area contributed by atoms with E-state index in [-0.39, 0.29) is 0 Å². The van der Waals surface area contributed by atoms with Crippen molar-refractivity contribution >= 4 is 40.8 Å². The lowest BCUT2D eigenvalue weighted by Gasteiger charge is -2.24. The van der Waals surface area contributed by atoms with Gasteiger partial charge in [-0.1, -0.05) is 23.2 Å². The molecular formula is C17H8Cl2F8N2O3. The molecule has 174 valence electrons. The van der Waals surface area contributed by atoms with E-state index in [9.17, 15) is 44.7 Å². The number of nitrogens with one attached hydrogen (secondary N) is 2. The van der Waals surface area contributed by atoms with Crippen LogP contribution in [0, 0.1) is 11.6 Å². The minimum atomic E-state index is -5.93. The number of hydrogen-bond acceptors (Lipinski definition) is 3. The highest BCUT2D eigenvalue weighted by atomic mass is 35.5. The predicted octanol–water partition coefficient (Wildman–Crippen LogP) is 6.11. The zero-order chi connectivity index (χ0) is 24.4. The molecule has 0 aliphatic heterocycles. The number of ether oxygens (including phenoxy) is 1. The molecule has 0 heterocycles. The Balaban J connectivity index is 2.14. The third-order valence-electron chi connectivity index (χ3n) is 3.50. The van der Waals surface area contributed by atoms with Crippen LogP contribution < -0.4 is 15.4 Å². The number of carbonyl (C=O) groups excluding carboxylic acids is 2. The molecule has 2 aromatic carbocycles. The number of imide groups is 1. The summed E-state index contributed by atoms with van der Waals surface area (Å²) in [6, 6.07) is 1.68. The first-order valence-corrected chi connectivity index (χ1v) is 8.71. The molecule has 0 fully saturated rings. The first-order chi connectivity index (χ1) is 14.6. The summed E-state index contributed by atoms with van der Waals surface area (Å²) in [5.74, 6) is -4.69. The van der Waals surface area contributed by atoms with Gasteiger partial charge in [0.05, 0.1) is 21.3 Å². The lowest BCUT2D eigenvalue weighted by atomic mass is 10.2. The summed E-state index contributed by atoms with van der Waals surface area (Å²) in [6.45, 7) is 0. The van der Waals surface area contributed by atoms with E-state index in [4.69, 9.17) is 23.2 Å². The molecule has 2 N–H and O–H groups in total. The molecule has 0 saturated carbocycles. The van der Waals surface area contributed by atoms with Crippen molar-refractivity contribution in [2.45, 2.75) is 18.5 Å². The lowest BCUT2D eigenvalue weighted by molar-refractivity contribution is -0.304. The Labute approximate surface area is 183 Å². The number of hydrogen-bond donors (Lipinski definition) is 2. The van der Waals surface area contributed by atoms with E-state index in [1.165, 1.54) is 0 Å². The van der Waals surface area contributed by atoms with E-state index >= 15 is 0 Å². The van der Waals surface area contributed by atoms with Gasteiger partial charge in [-0.3, -0.25) is 10.1 Å². The minimum absolute atomic E-state index is 0.388. The van der Waals surface area contributed by atoms with E-state index < -0.39 is 69.1 Å². The van der Waals surface area contributed by atoms with Crippen molar-refractivity contribution in [1.82, 2.24) is 5.32 Å². The van der Waals surface area contributed by atoms with Crippen LogP contribution in [0.25, 0.3) is 0 Å². The van der Waals surface area contributed by atoms with Crippen molar-refractivity contribution in [1.29, 1.82) is 0 Å². The standard InChI is InChI=1S/C17H8Cl2F8N2O3/c18-8-5-12(32-17(26,27)14(22)16(23,24)25)9(19)4-11(8)28-15(31)29-13(30)7-2-1-6(20)3-10(7)21/h1-5,14H,(H2,28,29,30,31). The molecular weight excluding hydrogens is 503 g/mol. The molecule has 0 aliphatic carbocycles. The number of benzene rings is 2. The Bertz CT molecular complexity index is 1050. The highest BCUT2D eigenvalue weighted by molar-refractivity contribution is 6.36. The van der Waals surface area contributed by atoms with Crippen LogP contribution in [0.5, 0.6) is 5.75 Å². The molecule has 15 heteroatoms. The van der Waals surface area contributed by atoms with Gasteiger partial charge in [0, 0.05) is 12.1 Å². The van der Waals surface area contributed by atoms with Gasteiger partial charge in [-0.25, -0.2) is 18.0 Å². The van der Waals surface area contributed by atoms with Gasteiger partial charge in [-0.05, 0) is 18.2 Å². The molecule has 0 spiro atoms. The van der Waals surface area contributed by atoms with Gasteiger partial charge in [-0.15, -0.1) is 0 Å². The predicted molar refractivity (Wildman–Crippen MR) is 95.8 cm³/mol. The van der Waals surface area contributed by atoms with Gasteiger partial charge in [0.25, 0.3) is 12.1 Å². The normalized spacial score (nSPS) is 12.8. The Kier molecular flexibility index (Phi) is 7.45. The fourth-order valence-electron chi connectivity index (χ4n) is 2.09. The average Bonchev–Trinajstić information content (AvgIpc) is 2.63. The third-order valence-corrected chi connectivity index (χ3v) is 4.11. The lowest BCUT2D eigenvalue weighted by Crippen LogP contribution is -2.45. The summed E-state index contributed by atoms with van der Waals surface area (Å²) in [5, 5.41) is 2.17. The monoisotopic (exact) mass is 510 g/mol. The summed E-state index contributed by atoms with van der Waals surface area (Å²) in [6.07, 6.45) is -16.0. The van der Waals surface area contributed by atoms with Crippen molar-refractivity contribution < 1.29 is 49.4 Å². The maximum Gasteiger partial charge on any atom is 0.439 e. The van der Waals surface area contributed by atoms with Crippen molar-refractivity contribution in [3.8, 4) is 5.75 Å². The number of rotatable bonds is 5. The van der Waals surface area contributed by atoms with Gasteiger partial charge < -0.3 is 10.1 Å². The van der Waals surface area contributed by atoms with Crippen molar-refractivity contribution in [2.24, 2.45) is 0 Å². The number of carbonyl (C=O) groups is 2. The summed E-state index contributed by atoms with van der Waals surface area (Å²) in [7, 11) is 0. The van der Waals surface area contributed by atoms with Crippen LogP contribution >= 0.6 is 23.2 Å². The van der Waals surface area contributed by atoms with Gasteiger partial charge >= 0.3 is 18.3 Å². The number of alkyl halides is 6. The highest BCUT2D eigenvalue weighted by Crippen LogP contribution is 2.41. The second-order valence-corrected chi connectivity index (χ2v) is 6.68. The van der Waals surface area contributed by atoms with Gasteiger partial charge in [0.15, 0.2) is 0 Å². The van der Waals surface area contributed by atoms with Crippen molar-refractivity contribution in [3.63, 3.8) is 0 Å². The molecule has 1 unspecified atom stereocenters. The van der Waals surface area contributed by atoms with Gasteiger partial charge in [0.2, 0.25) is 0 Å². The highest BCUT2D eigenvalue weighted by Gasteiger charge is 2.59. The van der Waals surface area contributed by atoms with E-state index in [0.29, 0.717) is 18.2 Å². The van der Waals surface area contributed by atoms with Crippen LogP contribution in [0.3, 0.4) is 0 Å². The number of halogens is 10. The largest absolute Gasteiger partial charge is 0.439 e. The van der Waals surface area contributed by atoms with E-state index in [1.807, 2.05) is 5.32 Å². The fourth-order valence-corrected chi connectivity index (χ4v) is 2.49. The minimum Gasteiger partial charge on any atom is -0.428 e. The van der Waals surface area contributed by atoms with E-state index in [0.717, 1.165) is 12.1 Å². The van der Waals surface area contributed by atoms with Gasteiger partial charge in [0.1, 0.15) is 17.4 Å². The van der Waals surface area contributed by atoms with E-state index in [1.54, 1.807) is 5.32 Å². The zero-order valence-electron chi connectivity index (χ0n) is 15.0. The Morgan fingerprint density at radius 2 is 1.59 bits per heavy atom. The summed E-state index contributed by atoms with van der Waals surface area (Å²) in [4.78, 5) is 23.7. The average molecular weight is 511 g/mol. The molecule has 2 aromatic rings. The van der Waals surface area contributed by atoms with Crippen LogP contribution in [0.4, 0.5) is 45.6 Å². The Morgan fingerprint density at radius 3 is 2.16 bits per heavy atom. The van der Waals surface area contributed by atoms with Gasteiger partial charge in [-0.2, -0.15) is 22.0 Å². The second-order valence-electron chi connectivity index (χ2n) is 5.86. The second kappa shape index (κ2) is 9.36. The first kappa shape index (κ1) is 25.5. The summed E-state index contributed by atoms with van der Waals surface area (Å²) >= 11 is 11.3. The molecule has 0 bridgehead atoms. The molecule has 0 radical (unpaired) electrons. The fraction of sp³-hybridized carbons (Fsp3) is 0.176. The topological polar surface area (TPSA) is 67.4 Å². The van der Waals surface area contributed by atoms with E-state index in [2.05, 4.69) is 4.74 Å². The number of amides is 3. The van der Waals surface area contributed by atoms with Crippen LogP contribution in [-0.2, 0) is 0 Å². The van der Waals surface area contributed by atoms with Crippen LogP contribution in [0.15, 0.2) is 30.3 Å². The molecule has 1 atom stereocenters. The molecule has 0 saturated heterocycles. The molecule has 0 aromatic heterocycles. The van der Waals surface area contributed by atoms with Crippen LogP contribution in [0.1, 0.15) is 10.4 Å². The number of urea groups is 1.